The Morgan fingerprint density at radius 3 is 3.05 bits per heavy atom. The highest BCUT2D eigenvalue weighted by Crippen LogP contribution is 2.19. The standard InChI is InChI=1S/C16H22N2O3/c1-4-8-20-11-14-6-5-7-18(10-14)16(19)9-15-12(2)17-21-13(15)3/h1,14H,5-11H2,2-3H3. The fourth-order valence-electron chi connectivity index (χ4n) is 2.73. The number of hydrogen-bond acceptors (Lipinski definition) is 4. The Kier molecular flexibility index (Phi) is 5.40. The quantitative estimate of drug-likeness (QED) is 0.612. The Balaban J connectivity index is 1.89. The van der Waals surface area contributed by atoms with Crippen LogP contribution in [-0.4, -0.2) is 42.3 Å². The molecular formula is C16H22N2O3. The molecule has 5 heteroatoms. The molecule has 5 nitrogen and oxygen atoms in total. The monoisotopic (exact) mass is 290 g/mol. The van der Waals surface area contributed by atoms with Gasteiger partial charge in [0, 0.05) is 18.7 Å². The SMILES string of the molecule is C#CCOCC1CCCN(C(=O)Cc2c(C)noc2C)C1. The summed E-state index contributed by atoms with van der Waals surface area (Å²) in [6.45, 7) is 6.23. The van der Waals surface area contributed by atoms with Gasteiger partial charge in [0.25, 0.3) is 0 Å². The minimum Gasteiger partial charge on any atom is -0.368 e. The van der Waals surface area contributed by atoms with E-state index in [0.29, 0.717) is 25.6 Å². The van der Waals surface area contributed by atoms with Crippen molar-refractivity contribution >= 4 is 5.91 Å². The van der Waals surface area contributed by atoms with Crippen LogP contribution in [0.5, 0.6) is 0 Å². The predicted octanol–water partition coefficient (Wildman–Crippen LogP) is 1.72. The molecule has 0 spiro atoms. The largest absolute Gasteiger partial charge is 0.368 e. The van der Waals surface area contributed by atoms with Crippen molar-refractivity contribution in [2.24, 2.45) is 5.92 Å². The zero-order valence-corrected chi connectivity index (χ0v) is 12.7. The van der Waals surface area contributed by atoms with E-state index in [1.165, 1.54) is 0 Å². The Hall–Kier alpha value is -1.80. The minimum atomic E-state index is 0.131. The number of nitrogens with zero attached hydrogens (tertiary/aromatic N) is 2. The van der Waals surface area contributed by atoms with E-state index in [1.54, 1.807) is 0 Å². The molecule has 2 rings (SSSR count). The summed E-state index contributed by atoms with van der Waals surface area (Å²) >= 11 is 0. The van der Waals surface area contributed by atoms with Crippen LogP contribution < -0.4 is 0 Å². The number of rotatable bonds is 5. The number of amides is 1. The molecule has 1 atom stereocenters. The number of aromatic nitrogens is 1. The minimum absolute atomic E-state index is 0.131. The number of carbonyl (C=O) groups is 1. The second-order valence-corrected chi connectivity index (χ2v) is 5.55. The molecule has 0 bridgehead atoms. The second-order valence-electron chi connectivity index (χ2n) is 5.55. The summed E-state index contributed by atoms with van der Waals surface area (Å²) in [7, 11) is 0. The van der Waals surface area contributed by atoms with Gasteiger partial charge in [-0.2, -0.15) is 0 Å². The predicted molar refractivity (Wildman–Crippen MR) is 78.6 cm³/mol. The van der Waals surface area contributed by atoms with Gasteiger partial charge in [-0.05, 0) is 32.6 Å². The number of piperidine rings is 1. The van der Waals surface area contributed by atoms with Crippen molar-refractivity contribution in [1.29, 1.82) is 0 Å². The first kappa shape index (κ1) is 15.6. The molecule has 1 unspecified atom stereocenters. The van der Waals surface area contributed by atoms with Crippen LogP contribution in [0.15, 0.2) is 4.52 Å². The van der Waals surface area contributed by atoms with Crippen LogP contribution in [0, 0.1) is 32.1 Å². The average Bonchev–Trinajstić information content (AvgIpc) is 2.80. The van der Waals surface area contributed by atoms with Crippen molar-refractivity contribution in [3.63, 3.8) is 0 Å². The van der Waals surface area contributed by atoms with Crippen LogP contribution in [0.1, 0.15) is 29.9 Å². The highest BCUT2D eigenvalue weighted by Gasteiger charge is 2.25. The van der Waals surface area contributed by atoms with E-state index in [9.17, 15) is 4.79 Å². The Morgan fingerprint density at radius 1 is 1.57 bits per heavy atom. The van der Waals surface area contributed by atoms with E-state index >= 15 is 0 Å². The maximum absolute atomic E-state index is 12.4. The van der Waals surface area contributed by atoms with E-state index in [0.717, 1.165) is 42.9 Å². The fraction of sp³-hybridized carbons (Fsp3) is 0.625. The molecule has 1 fully saturated rings. The summed E-state index contributed by atoms with van der Waals surface area (Å²) in [4.78, 5) is 14.3. The molecule has 1 aromatic heterocycles. The van der Waals surface area contributed by atoms with Crippen LogP contribution >= 0.6 is 0 Å². The van der Waals surface area contributed by atoms with Gasteiger partial charge in [0.2, 0.25) is 5.91 Å². The van der Waals surface area contributed by atoms with E-state index in [-0.39, 0.29) is 5.91 Å². The van der Waals surface area contributed by atoms with E-state index < -0.39 is 0 Å². The molecule has 0 saturated carbocycles. The highest BCUT2D eigenvalue weighted by molar-refractivity contribution is 5.79. The molecule has 114 valence electrons. The number of terminal acetylenes is 1. The van der Waals surface area contributed by atoms with Crippen LogP contribution in [0.2, 0.25) is 0 Å². The second kappa shape index (κ2) is 7.28. The lowest BCUT2D eigenvalue weighted by atomic mass is 9.98. The van der Waals surface area contributed by atoms with Gasteiger partial charge >= 0.3 is 0 Å². The van der Waals surface area contributed by atoms with Crippen molar-refractivity contribution in [3.05, 3.63) is 17.0 Å². The van der Waals surface area contributed by atoms with Gasteiger partial charge in [0.1, 0.15) is 12.4 Å². The Labute approximate surface area is 125 Å². The normalized spacial score (nSPS) is 18.5. The third kappa shape index (κ3) is 4.08. The maximum atomic E-state index is 12.4. The molecule has 21 heavy (non-hydrogen) atoms. The Bertz CT molecular complexity index is 511. The van der Waals surface area contributed by atoms with Crippen molar-refractivity contribution in [3.8, 4) is 12.3 Å². The molecule has 1 saturated heterocycles. The lowest BCUT2D eigenvalue weighted by Crippen LogP contribution is -2.42. The van der Waals surface area contributed by atoms with Crippen molar-refractivity contribution in [1.82, 2.24) is 10.1 Å². The molecule has 1 amide bonds. The molecule has 1 aliphatic heterocycles. The molecule has 0 N–H and O–H groups in total. The van der Waals surface area contributed by atoms with Gasteiger partial charge in [-0.3, -0.25) is 4.79 Å². The summed E-state index contributed by atoms with van der Waals surface area (Å²) in [5, 5.41) is 3.89. The average molecular weight is 290 g/mol. The zero-order valence-electron chi connectivity index (χ0n) is 12.7. The maximum Gasteiger partial charge on any atom is 0.227 e. The first-order valence-corrected chi connectivity index (χ1v) is 7.32. The van der Waals surface area contributed by atoms with Gasteiger partial charge in [-0.15, -0.1) is 6.42 Å². The molecule has 1 aliphatic rings. The van der Waals surface area contributed by atoms with Gasteiger partial charge in [-0.1, -0.05) is 11.1 Å². The lowest BCUT2D eigenvalue weighted by Gasteiger charge is -2.32. The summed E-state index contributed by atoms with van der Waals surface area (Å²) in [5.41, 5.74) is 1.71. The summed E-state index contributed by atoms with van der Waals surface area (Å²) in [5.74, 6) is 3.70. The first-order valence-electron chi connectivity index (χ1n) is 7.32. The first-order chi connectivity index (χ1) is 10.1. The van der Waals surface area contributed by atoms with Gasteiger partial charge in [-0.25, -0.2) is 0 Å². The van der Waals surface area contributed by atoms with E-state index in [4.69, 9.17) is 15.7 Å². The smallest absolute Gasteiger partial charge is 0.227 e. The number of hydrogen-bond donors (Lipinski definition) is 0. The molecule has 0 aromatic carbocycles. The van der Waals surface area contributed by atoms with Crippen LogP contribution in [0.3, 0.4) is 0 Å². The van der Waals surface area contributed by atoms with Gasteiger partial charge in [0.05, 0.1) is 18.7 Å². The zero-order chi connectivity index (χ0) is 15.2. The topological polar surface area (TPSA) is 55.6 Å². The molecule has 0 aliphatic carbocycles. The van der Waals surface area contributed by atoms with E-state index in [1.807, 2.05) is 18.7 Å². The van der Waals surface area contributed by atoms with Crippen molar-refractivity contribution in [2.75, 3.05) is 26.3 Å². The van der Waals surface area contributed by atoms with Crippen LogP contribution in [0.4, 0.5) is 0 Å². The molecule has 0 radical (unpaired) electrons. The van der Waals surface area contributed by atoms with Crippen molar-refractivity contribution in [2.45, 2.75) is 33.1 Å². The Morgan fingerprint density at radius 2 is 2.38 bits per heavy atom. The fourth-order valence-corrected chi connectivity index (χ4v) is 2.73. The summed E-state index contributed by atoms with van der Waals surface area (Å²) in [6, 6.07) is 0. The molecule has 1 aromatic rings. The molecule has 2 heterocycles. The third-order valence-electron chi connectivity index (χ3n) is 3.92. The van der Waals surface area contributed by atoms with Gasteiger partial charge < -0.3 is 14.2 Å². The van der Waals surface area contributed by atoms with Gasteiger partial charge in [0.15, 0.2) is 0 Å². The number of aryl methyl sites for hydroxylation is 2. The van der Waals surface area contributed by atoms with E-state index in [2.05, 4.69) is 11.1 Å². The number of likely N-dealkylation sites (tertiary alicyclic amines) is 1. The van der Waals surface area contributed by atoms with Crippen molar-refractivity contribution < 1.29 is 14.1 Å². The highest BCUT2D eigenvalue weighted by atomic mass is 16.5. The summed E-state index contributed by atoms with van der Waals surface area (Å²) in [6.07, 6.45) is 7.62. The third-order valence-corrected chi connectivity index (χ3v) is 3.92. The molecular weight excluding hydrogens is 268 g/mol. The number of carbonyl (C=O) groups excluding carboxylic acids is 1. The van der Waals surface area contributed by atoms with Crippen LogP contribution in [0.25, 0.3) is 0 Å². The number of ether oxygens (including phenoxy) is 1. The summed E-state index contributed by atoms with van der Waals surface area (Å²) < 4.78 is 10.5. The lowest BCUT2D eigenvalue weighted by molar-refractivity contribution is -0.132. The van der Waals surface area contributed by atoms with Crippen LogP contribution in [-0.2, 0) is 16.0 Å².